The summed E-state index contributed by atoms with van der Waals surface area (Å²) < 4.78 is 0. The van der Waals surface area contributed by atoms with E-state index in [9.17, 15) is 0 Å². The van der Waals surface area contributed by atoms with E-state index in [0.717, 1.165) is 13.0 Å². The topological polar surface area (TPSA) is 12.0 Å². The molecule has 0 spiro atoms. The number of hydrogen-bond acceptors (Lipinski definition) is 1. The zero-order chi connectivity index (χ0) is 11.5. The molecule has 0 aromatic heterocycles. The number of hydrogen-bond donors (Lipinski definition) is 1. The van der Waals surface area contributed by atoms with Gasteiger partial charge in [0.2, 0.25) is 0 Å². The Morgan fingerprint density at radius 1 is 1.07 bits per heavy atom. The first kappa shape index (κ1) is 12.3. The lowest BCUT2D eigenvalue weighted by molar-refractivity contribution is 0.350. The summed E-state index contributed by atoms with van der Waals surface area (Å²) in [4.78, 5) is 0. The molecule has 0 aliphatic carbocycles. The lowest BCUT2D eigenvalue weighted by Gasteiger charge is -2.24. The summed E-state index contributed by atoms with van der Waals surface area (Å²) in [5, 5.41) is 3.26. The molecule has 0 radical (unpaired) electrons. The lowest BCUT2D eigenvalue weighted by Crippen LogP contribution is -2.28. The maximum atomic E-state index is 3.26. The van der Waals surface area contributed by atoms with E-state index in [-0.39, 0.29) is 0 Å². The van der Waals surface area contributed by atoms with Crippen LogP contribution in [-0.2, 0) is 6.42 Å². The van der Waals surface area contributed by atoms with Crippen molar-refractivity contribution in [1.29, 1.82) is 0 Å². The van der Waals surface area contributed by atoms with E-state index in [4.69, 9.17) is 0 Å². The van der Waals surface area contributed by atoms with Crippen LogP contribution >= 0.6 is 0 Å². The van der Waals surface area contributed by atoms with E-state index in [0.29, 0.717) is 5.41 Å². The summed E-state index contributed by atoms with van der Waals surface area (Å²) >= 11 is 0. The van der Waals surface area contributed by atoms with Gasteiger partial charge in [0.15, 0.2) is 0 Å². The molecule has 0 heterocycles. The van der Waals surface area contributed by atoms with Crippen molar-refractivity contribution in [3.8, 4) is 0 Å². The van der Waals surface area contributed by atoms with Gasteiger partial charge in [-0.15, -0.1) is 0 Å². The Hall–Kier alpha value is -0.820. The molecule has 0 saturated carbocycles. The van der Waals surface area contributed by atoms with Crippen LogP contribution in [0.4, 0.5) is 0 Å². The highest BCUT2D eigenvalue weighted by atomic mass is 14.8. The first-order valence-corrected chi connectivity index (χ1v) is 5.65. The minimum absolute atomic E-state index is 0.328. The number of aryl methyl sites for hydroxylation is 2. The third-order valence-electron chi connectivity index (χ3n) is 2.62. The second-order valence-corrected chi connectivity index (χ2v) is 5.37. The Morgan fingerprint density at radius 2 is 1.60 bits per heavy atom. The van der Waals surface area contributed by atoms with E-state index in [1.165, 1.54) is 16.7 Å². The van der Waals surface area contributed by atoms with Crippen LogP contribution in [0.2, 0.25) is 0 Å². The minimum Gasteiger partial charge on any atom is -0.319 e. The van der Waals surface area contributed by atoms with Gasteiger partial charge in [-0.2, -0.15) is 0 Å². The minimum atomic E-state index is 0.328. The van der Waals surface area contributed by atoms with Crippen molar-refractivity contribution < 1.29 is 0 Å². The highest BCUT2D eigenvalue weighted by Crippen LogP contribution is 2.22. The SMILES string of the molecule is CNCC(C)(C)Cc1cc(C)cc(C)c1. The molecule has 0 bridgehead atoms. The highest BCUT2D eigenvalue weighted by molar-refractivity contribution is 5.29. The fraction of sp³-hybridized carbons (Fsp3) is 0.571. The second kappa shape index (κ2) is 4.80. The molecule has 0 aliphatic rings. The van der Waals surface area contributed by atoms with Crippen molar-refractivity contribution >= 4 is 0 Å². The van der Waals surface area contributed by atoms with Crippen LogP contribution in [0.5, 0.6) is 0 Å². The average molecular weight is 205 g/mol. The van der Waals surface area contributed by atoms with E-state index in [1.807, 2.05) is 7.05 Å². The monoisotopic (exact) mass is 205 g/mol. The number of rotatable bonds is 4. The zero-order valence-corrected chi connectivity index (χ0v) is 10.6. The first-order chi connectivity index (χ1) is 6.93. The number of nitrogens with one attached hydrogen (secondary N) is 1. The predicted octanol–water partition coefficient (Wildman–Crippen LogP) is 3.09. The largest absolute Gasteiger partial charge is 0.319 e. The van der Waals surface area contributed by atoms with E-state index in [1.54, 1.807) is 0 Å². The van der Waals surface area contributed by atoms with Crippen LogP contribution in [0.3, 0.4) is 0 Å². The van der Waals surface area contributed by atoms with Crippen molar-refractivity contribution in [1.82, 2.24) is 5.32 Å². The van der Waals surface area contributed by atoms with Gasteiger partial charge in [0.25, 0.3) is 0 Å². The second-order valence-electron chi connectivity index (χ2n) is 5.37. The molecule has 0 aliphatic heterocycles. The van der Waals surface area contributed by atoms with Crippen LogP contribution in [0.25, 0.3) is 0 Å². The molecule has 1 rings (SSSR count). The molecular formula is C14H23N. The molecule has 1 nitrogen and oxygen atoms in total. The van der Waals surface area contributed by atoms with Gasteiger partial charge in [-0.25, -0.2) is 0 Å². The summed E-state index contributed by atoms with van der Waals surface area (Å²) in [6, 6.07) is 6.82. The molecule has 0 saturated heterocycles. The molecule has 0 atom stereocenters. The third kappa shape index (κ3) is 4.05. The fourth-order valence-electron chi connectivity index (χ4n) is 2.26. The quantitative estimate of drug-likeness (QED) is 0.796. The van der Waals surface area contributed by atoms with Gasteiger partial charge in [-0.3, -0.25) is 0 Å². The highest BCUT2D eigenvalue weighted by Gasteiger charge is 2.17. The van der Waals surface area contributed by atoms with Gasteiger partial charge in [-0.05, 0) is 38.3 Å². The summed E-state index contributed by atoms with van der Waals surface area (Å²) in [6.07, 6.45) is 1.14. The molecule has 1 N–H and O–H groups in total. The molecule has 15 heavy (non-hydrogen) atoms. The van der Waals surface area contributed by atoms with Gasteiger partial charge < -0.3 is 5.32 Å². The molecular weight excluding hydrogens is 182 g/mol. The normalized spacial score (nSPS) is 11.8. The van der Waals surface area contributed by atoms with E-state index < -0.39 is 0 Å². The molecule has 84 valence electrons. The van der Waals surface area contributed by atoms with Gasteiger partial charge >= 0.3 is 0 Å². The van der Waals surface area contributed by atoms with E-state index >= 15 is 0 Å². The van der Waals surface area contributed by atoms with Crippen LogP contribution in [0, 0.1) is 19.3 Å². The molecule has 0 fully saturated rings. The Bertz CT molecular complexity index is 306. The van der Waals surface area contributed by atoms with Gasteiger partial charge in [0.1, 0.15) is 0 Å². The van der Waals surface area contributed by atoms with Crippen molar-refractivity contribution in [3.05, 3.63) is 34.9 Å². The van der Waals surface area contributed by atoms with Crippen molar-refractivity contribution in [3.63, 3.8) is 0 Å². The van der Waals surface area contributed by atoms with Crippen LogP contribution in [0.15, 0.2) is 18.2 Å². The third-order valence-corrected chi connectivity index (χ3v) is 2.62. The van der Waals surface area contributed by atoms with Crippen molar-refractivity contribution in [2.24, 2.45) is 5.41 Å². The Balaban J connectivity index is 2.80. The lowest BCUT2D eigenvalue weighted by atomic mass is 9.85. The molecule has 1 aromatic carbocycles. The van der Waals surface area contributed by atoms with Crippen molar-refractivity contribution in [2.45, 2.75) is 34.1 Å². The summed E-state index contributed by atoms with van der Waals surface area (Å²) in [5.41, 5.74) is 4.51. The van der Waals surface area contributed by atoms with Crippen LogP contribution in [-0.4, -0.2) is 13.6 Å². The maximum absolute atomic E-state index is 3.26. The average Bonchev–Trinajstić information content (AvgIpc) is 1.99. The van der Waals surface area contributed by atoms with Gasteiger partial charge in [0, 0.05) is 6.54 Å². The smallest absolute Gasteiger partial charge is 0.000270 e. The van der Waals surface area contributed by atoms with Gasteiger partial charge in [-0.1, -0.05) is 43.2 Å². The molecule has 0 unspecified atom stereocenters. The van der Waals surface area contributed by atoms with Gasteiger partial charge in [0.05, 0.1) is 0 Å². The summed E-state index contributed by atoms with van der Waals surface area (Å²) in [5.74, 6) is 0. The Labute approximate surface area is 93.9 Å². The summed E-state index contributed by atoms with van der Waals surface area (Å²) in [6.45, 7) is 10.0. The maximum Gasteiger partial charge on any atom is 0.000270 e. The van der Waals surface area contributed by atoms with Crippen LogP contribution < -0.4 is 5.32 Å². The molecule has 0 amide bonds. The molecule has 1 heteroatoms. The first-order valence-electron chi connectivity index (χ1n) is 5.65. The predicted molar refractivity (Wildman–Crippen MR) is 67.3 cm³/mol. The van der Waals surface area contributed by atoms with Crippen molar-refractivity contribution in [2.75, 3.05) is 13.6 Å². The molecule has 1 aromatic rings. The fourth-order valence-corrected chi connectivity index (χ4v) is 2.26. The van der Waals surface area contributed by atoms with E-state index in [2.05, 4.69) is 51.2 Å². The number of benzene rings is 1. The van der Waals surface area contributed by atoms with Crippen LogP contribution in [0.1, 0.15) is 30.5 Å². The Morgan fingerprint density at radius 3 is 2.07 bits per heavy atom. The Kier molecular flexibility index (Phi) is 3.92. The standard InChI is InChI=1S/C14H23N/c1-11-6-12(2)8-13(7-11)9-14(3,4)10-15-5/h6-8,15H,9-10H2,1-5H3. The summed E-state index contributed by atoms with van der Waals surface area (Å²) in [7, 11) is 2.02. The zero-order valence-electron chi connectivity index (χ0n) is 10.6.